The van der Waals surface area contributed by atoms with E-state index in [0.29, 0.717) is 0 Å². The summed E-state index contributed by atoms with van der Waals surface area (Å²) in [5, 5.41) is 2.22. The van der Waals surface area contributed by atoms with Gasteiger partial charge in [0.1, 0.15) is 15.9 Å². The van der Waals surface area contributed by atoms with Crippen molar-refractivity contribution in [2.45, 2.75) is 0 Å². The molecule has 0 saturated carbocycles. The van der Waals surface area contributed by atoms with Crippen LogP contribution in [-0.4, -0.2) is 36.2 Å². The fourth-order valence-corrected chi connectivity index (χ4v) is 2.99. The first kappa shape index (κ1) is 16.0. The van der Waals surface area contributed by atoms with Crippen LogP contribution in [0.25, 0.3) is 0 Å². The molecule has 24 heavy (non-hydrogen) atoms. The van der Waals surface area contributed by atoms with Gasteiger partial charge < -0.3 is 9.87 Å². The van der Waals surface area contributed by atoms with Gasteiger partial charge in [0.05, 0.1) is 11.3 Å². The van der Waals surface area contributed by atoms with Crippen LogP contribution in [0.4, 0.5) is 5.69 Å². The number of anilines is 1. The van der Waals surface area contributed by atoms with E-state index < -0.39 is 27.6 Å². The molecule has 0 atom stereocenters. The summed E-state index contributed by atoms with van der Waals surface area (Å²) in [6, 6.07) is 10.6. The van der Waals surface area contributed by atoms with Gasteiger partial charge in [-0.05, 0) is 6.07 Å². The topological polar surface area (TPSA) is 120 Å². The summed E-state index contributed by atoms with van der Waals surface area (Å²) in [4.78, 5) is 36.8. The fraction of sp³-hybridized carbons (Fsp3) is 0.0625. The van der Waals surface area contributed by atoms with Crippen molar-refractivity contribution in [1.29, 1.82) is 0 Å². The van der Waals surface area contributed by atoms with Crippen LogP contribution in [0.5, 0.6) is 0 Å². The number of ketones is 2. The van der Waals surface area contributed by atoms with Crippen molar-refractivity contribution in [3.05, 3.63) is 64.7 Å². The van der Waals surface area contributed by atoms with Crippen molar-refractivity contribution in [3.63, 3.8) is 0 Å². The van der Waals surface area contributed by atoms with Gasteiger partial charge in [0.15, 0.2) is 11.6 Å². The maximum absolute atomic E-state index is 12.7. The third-order valence-electron chi connectivity index (χ3n) is 3.53. The summed E-state index contributed by atoms with van der Waals surface area (Å²) < 4.78 is 32.0. The van der Waals surface area contributed by atoms with Crippen LogP contribution in [0, 0.1) is 0 Å². The van der Waals surface area contributed by atoms with E-state index >= 15 is 0 Å². The Labute approximate surface area is 137 Å². The molecule has 0 heterocycles. The van der Waals surface area contributed by atoms with Gasteiger partial charge in [-0.25, -0.2) is 8.42 Å². The molecule has 0 fully saturated rings. The molecule has 0 unspecified atom stereocenters. The molecule has 0 aliphatic heterocycles. The van der Waals surface area contributed by atoms with Crippen LogP contribution in [0.15, 0.2) is 42.5 Å². The lowest BCUT2D eigenvalue weighted by Gasteiger charge is -2.20. The van der Waals surface area contributed by atoms with Crippen LogP contribution in [0.1, 0.15) is 31.8 Å². The second kappa shape index (κ2) is 5.66. The number of benzene rings is 2. The summed E-state index contributed by atoms with van der Waals surface area (Å²) in [6.07, 6.45) is 0. The van der Waals surface area contributed by atoms with Crippen LogP contribution in [-0.2, 0) is 14.9 Å². The van der Waals surface area contributed by atoms with E-state index in [1.54, 1.807) is 12.1 Å². The smallest absolute Gasteiger partial charge is 0.238 e. The maximum Gasteiger partial charge on any atom is 0.238 e. The van der Waals surface area contributed by atoms with Crippen LogP contribution in [0.2, 0.25) is 0 Å². The quantitative estimate of drug-likeness (QED) is 0.706. The molecule has 0 bridgehead atoms. The highest BCUT2D eigenvalue weighted by Crippen LogP contribution is 2.31. The molecule has 8 heteroatoms. The Hall–Kier alpha value is -2.84. The minimum Gasteiger partial charge on any atom is -0.748 e. The van der Waals surface area contributed by atoms with Gasteiger partial charge >= 0.3 is 0 Å². The molecule has 0 spiro atoms. The average molecular weight is 344 g/mol. The summed E-state index contributed by atoms with van der Waals surface area (Å²) in [5.41, 5.74) is 0.557. The Morgan fingerprint density at radius 2 is 1.50 bits per heavy atom. The zero-order valence-electron chi connectivity index (χ0n) is 12.1. The first-order valence-electron chi connectivity index (χ1n) is 6.83. The number of hydrogen-bond donors (Lipinski definition) is 1. The van der Waals surface area contributed by atoms with Crippen molar-refractivity contribution >= 4 is 33.3 Å². The van der Waals surface area contributed by atoms with E-state index in [1.807, 2.05) is 0 Å². The molecule has 7 nitrogen and oxygen atoms in total. The number of rotatable bonds is 3. The molecule has 1 amide bonds. The zero-order chi connectivity index (χ0) is 17.5. The Morgan fingerprint density at radius 1 is 0.917 bits per heavy atom. The summed E-state index contributed by atoms with van der Waals surface area (Å²) in [7, 11) is -4.75. The molecule has 1 aliphatic carbocycles. The van der Waals surface area contributed by atoms with Crippen molar-refractivity contribution < 1.29 is 27.4 Å². The zero-order valence-corrected chi connectivity index (χ0v) is 12.9. The molecule has 122 valence electrons. The number of amides is 1. The number of carbonyl (C=O) groups is 3. The number of carbonyl (C=O) groups excluding carboxylic acids is 3. The maximum atomic E-state index is 12.7. The summed E-state index contributed by atoms with van der Waals surface area (Å²) in [6.45, 7) is 0. The van der Waals surface area contributed by atoms with Gasteiger partial charge in [-0.2, -0.15) is 0 Å². The summed E-state index contributed by atoms with van der Waals surface area (Å²) >= 11 is 0. The molecule has 1 N–H and O–H groups in total. The second-order valence-corrected chi connectivity index (χ2v) is 6.59. The van der Waals surface area contributed by atoms with Gasteiger partial charge in [0, 0.05) is 16.7 Å². The highest BCUT2D eigenvalue weighted by atomic mass is 32.2. The molecule has 0 saturated heterocycles. The lowest BCUT2D eigenvalue weighted by molar-refractivity contribution is -0.113. The van der Waals surface area contributed by atoms with E-state index in [1.165, 1.54) is 30.3 Å². The molecular formula is C16H10NO6S-. The fourth-order valence-electron chi connectivity index (χ4n) is 2.60. The van der Waals surface area contributed by atoms with Crippen molar-refractivity contribution in [2.75, 3.05) is 11.1 Å². The van der Waals surface area contributed by atoms with Gasteiger partial charge in [-0.1, -0.05) is 36.4 Å². The number of hydrogen-bond acceptors (Lipinski definition) is 6. The molecule has 2 aromatic carbocycles. The third kappa shape index (κ3) is 2.84. The second-order valence-electron chi connectivity index (χ2n) is 5.18. The van der Waals surface area contributed by atoms with Crippen LogP contribution >= 0.6 is 0 Å². The van der Waals surface area contributed by atoms with E-state index in [0.717, 1.165) is 0 Å². The van der Waals surface area contributed by atoms with Crippen LogP contribution < -0.4 is 5.32 Å². The molecule has 1 aliphatic rings. The minimum atomic E-state index is -4.75. The predicted molar refractivity (Wildman–Crippen MR) is 82.9 cm³/mol. The molecule has 0 aromatic heterocycles. The monoisotopic (exact) mass is 344 g/mol. The molecule has 2 aromatic rings. The van der Waals surface area contributed by atoms with Gasteiger partial charge in [0.25, 0.3) is 0 Å². The van der Waals surface area contributed by atoms with Crippen molar-refractivity contribution in [1.82, 2.24) is 0 Å². The highest BCUT2D eigenvalue weighted by Gasteiger charge is 2.31. The predicted octanol–water partition coefficient (Wildman–Crippen LogP) is 0.946. The lowest BCUT2D eigenvalue weighted by Crippen LogP contribution is -2.26. The lowest BCUT2D eigenvalue weighted by atomic mass is 9.83. The Bertz CT molecular complexity index is 993. The van der Waals surface area contributed by atoms with Crippen molar-refractivity contribution in [3.8, 4) is 0 Å². The van der Waals surface area contributed by atoms with Crippen LogP contribution in [0.3, 0.4) is 0 Å². The number of nitrogens with one attached hydrogen (secondary N) is 1. The summed E-state index contributed by atoms with van der Waals surface area (Å²) in [5.74, 6) is -3.15. The Balaban J connectivity index is 2.06. The Morgan fingerprint density at radius 3 is 2.12 bits per heavy atom. The van der Waals surface area contributed by atoms with Gasteiger partial charge in [-0.3, -0.25) is 14.4 Å². The number of fused-ring (bicyclic) bond motifs is 2. The first-order valence-corrected chi connectivity index (χ1v) is 8.40. The third-order valence-corrected chi connectivity index (χ3v) is 4.15. The average Bonchev–Trinajstić information content (AvgIpc) is 2.50. The SMILES string of the molecule is O=C(CS(=O)(=O)[O-])Nc1cccc2c1C(=O)c1ccccc1C2=O. The minimum absolute atomic E-state index is 0.00555. The van der Waals surface area contributed by atoms with Crippen molar-refractivity contribution in [2.24, 2.45) is 0 Å². The molecule has 0 radical (unpaired) electrons. The highest BCUT2D eigenvalue weighted by molar-refractivity contribution is 7.86. The standard InChI is InChI=1S/C16H11NO6S/c18-13(8-24(21,22)23)17-12-7-3-6-11-14(12)16(20)10-5-2-1-4-9(10)15(11)19/h1-7H,8H2,(H,17,18)(H,21,22,23)/p-1. The van der Waals surface area contributed by atoms with Gasteiger partial charge in [0.2, 0.25) is 5.91 Å². The molecular weight excluding hydrogens is 334 g/mol. The van der Waals surface area contributed by atoms with E-state index in [-0.39, 0.29) is 33.7 Å². The normalized spacial score (nSPS) is 13.2. The van der Waals surface area contributed by atoms with E-state index in [4.69, 9.17) is 0 Å². The molecule has 3 rings (SSSR count). The first-order chi connectivity index (χ1) is 11.3. The van der Waals surface area contributed by atoms with E-state index in [2.05, 4.69) is 5.32 Å². The largest absolute Gasteiger partial charge is 0.748 e. The van der Waals surface area contributed by atoms with Gasteiger partial charge in [-0.15, -0.1) is 0 Å². The Kier molecular flexibility index (Phi) is 3.78. The van der Waals surface area contributed by atoms with E-state index in [9.17, 15) is 27.4 Å².